The van der Waals surface area contributed by atoms with E-state index in [9.17, 15) is 9.59 Å². The molecule has 1 heterocycles. The summed E-state index contributed by atoms with van der Waals surface area (Å²) in [5.74, 6) is 0.911. The summed E-state index contributed by atoms with van der Waals surface area (Å²) in [6.45, 7) is 5.98. The van der Waals surface area contributed by atoms with Crippen molar-refractivity contribution in [3.63, 3.8) is 0 Å². The predicted molar refractivity (Wildman–Crippen MR) is 112 cm³/mol. The fraction of sp³-hybridized carbons (Fsp3) is 0.391. The lowest BCUT2D eigenvalue weighted by Crippen LogP contribution is -2.16. The molecule has 0 radical (unpaired) electrons. The molecule has 7 heteroatoms. The molecule has 0 spiro atoms. The molecule has 0 aliphatic carbocycles. The van der Waals surface area contributed by atoms with Crippen LogP contribution in [-0.2, 0) is 19.0 Å². The number of rotatable bonds is 14. The summed E-state index contributed by atoms with van der Waals surface area (Å²) in [4.78, 5) is 25.0. The lowest BCUT2D eigenvalue weighted by atomic mass is 10.0. The first-order valence-electron chi connectivity index (χ1n) is 9.75. The molecule has 0 aromatic heterocycles. The van der Waals surface area contributed by atoms with Crippen LogP contribution >= 0.6 is 0 Å². The van der Waals surface area contributed by atoms with Gasteiger partial charge in [0.1, 0.15) is 20.0 Å². The lowest BCUT2D eigenvalue weighted by molar-refractivity contribution is -0.115. The number of benzene rings is 1. The van der Waals surface area contributed by atoms with Gasteiger partial charge in [-0.05, 0) is 18.2 Å². The van der Waals surface area contributed by atoms with Gasteiger partial charge in [0, 0.05) is 31.1 Å². The fourth-order valence-corrected chi connectivity index (χ4v) is 2.65. The smallest absolute Gasteiger partial charge is 0.163 e. The average molecular weight is 416 g/mol. The van der Waals surface area contributed by atoms with Crippen molar-refractivity contribution in [3.05, 3.63) is 60.2 Å². The predicted octanol–water partition coefficient (Wildman–Crippen LogP) is 3.30. The van der Waals surface area contributed by atoms with Crippen molar-refractivity contribution in [3.8, 4) is 11.5 Å². The molecular formula is C23H28O7. The monoisotopic (exact) mass is 416 g/mol. The van der Waals surface area contributed by atoms with Gasteiger partial charge in [0.05, 0.1) is 19.8 Å². The van der Waals surface area contributed by atoms with Gasteiger partial charge in [-0.3, -0.25) is 9.59 Å². The van der Waals surface area contributed by atoms with E-state index in [1.54, 1.807) is 43.5 Å². The maximum absolute atomic E-state index is 12.5. The number of carbonyl (C=O) groups excluding carboxylic acids is 2. The van der Waals surface area contributed by atoms with E-state index < -0.39 is 0 Å². The SMILES string of the molecule is C=C/C=C(\C=C/COCOCCOC)C(=O)CCC(=O)c1ccc2c(c1)OCCO2. The molecule has 0 fully saturated rings. The molecule has 0 saturated carbocycles. The van der Waals surface area contributed by atoms with Crippen LogP contribution in [0, 0.1) is 0 Å². The zero-order valence-corrected chi connectivity index (χ0v) is 17.3. The summed E-state index contributed by atoms with van der Waals surface area (Å²) >= 11 is 0. The molecular weight excluding hydrogens is 388 g/mol. The first kappa shape index (κ1) is 23.5. The van der Waals surface area contributed by atoms with E-state index in [-0.39, 0.29) is 31.2 Å². The number of methoxy groups -OCH3 is 1. The Morgan fingerprint density at radius 1 is 1.10 bits per heavy atom. The number of ether oxygens (including phenoxy) is 5. The molecule has 1 aliphatic rings. The highest BCUT2D eigenvalue weighted by Crippen LogP contribution is 2.31. The Kier molecular flexibility index (Phi) is 10.6. The van der Waals surface area contributed by atoms with Crippen molar-refractivity contribution in [1.29, 1.82) is 0 Å². The summed E-state index contributed by atoms with van der Waals surface area (Å²) in [5.41, 5.74) is 0.961. The standard InChI is InChI=1S/C23H28O7/c1-3-5-18(6-4-11-27-17-28-13-12-26-2)20(24)8-9-21(25)19-7-10-22-23(16-19)30-15-14-29-22/h3-7,10,16H,1,8-9,11-15,17H2,2H3/b6-4-,18-5+. The van der Waals surface area contributed by atoms with Crippen LogP contribution in [-0.4, -0.2) is 58.5 Å². The Morgan fingerprint density at radius 3 is 2.67 bits per heavy atom. The van der Waals surface area contributed by atoms with Crippen molar-refractivity contribution in [2.24, 2.45) is 0 Å². The Balaban J connectivity index is 1.80. The topological polar surface area (TPSA) is 80.3 Å². The van der Waals surface area contributed by atoms with Crippen molar-refractivity contribution in [2.75, 3.05) is 46.9 Å². The molecule has 1 aromatic carbocycles. The normalized spacial score (nSPS) is 13.4. The number of carbonyl (C=O) groups is 2. The molecule has 7 nitrogen and oxygen atoms in total. The molecule has 1 aliphatic heterocycles. The number of Topliss-reactive ketones (excluding diaryl/α,β-unsaturated/α-hetero) is 2. The van der Waals surface area contributed by atoms with Crippen LogP contribution in [0.4, 0.5) is 0 Å². The van der Waals surface area contributed by atoms with Gasteiger partial charge in [-0.1, -0.05) is 30.9 Å². The second kappa shape index (κ2) is 13.5. The molecule has 2 rings (SSSR count). The van der Waals surface area contributed by atoms with E-state index in [4.69, 9.17) is 23.7 Å². The maximum atomic E-state index is 12.5. The largest absolute Gasteiger partial charge is 0.486 e. The second-order valence-electron chi connectivity index (χ2n) is 6.35. The summed E-state index contributed by atoms with van der Waals surface area (Å²) < 4.78 is 26.3. The molecule has 0 atom stereocenters. The van der Waals surface area contributed by atoms with E-state index in [1.165, 1.54) is 6.08 Å². The van der Waals surface area contributed by atoms with Gasteiger partial charge in [0.25, 0.3) is 0 Å². The third-order valence-electron chi connectivity index (χ3n) is 4.17. The van der Waals surface area contributed by atoms with Crippen LogP contribution in [0.5, 0.6) is 11.5 Å². The van der Waals surface area contributed by atoms with E-state index >= 15 is 0 Å². The van der Waals surface area contributed by atoms with Crippen LogP contribution in [0.2, 0.25) is 0 Å². The molecule has 162 valence electrons. The van der Waals surface area contributed by atoms with Gasteiger partial charge < -0.3 is 23.7 Å². The summed E-state index contributed by atoms with van der Waals surface area (Å²) in [6, 6.07) is 5.06. The third kappa shape index (κ3) is 7.94. The maximum Gasteiger partial charge on any atom is 0.163 e. The molecule has 1 aromatic rings. The Hall–Kier alpha value is -2.74. The molecule has 0 unspecified atom stereocenters. The van der Waals surface area contributed by atoms with Crippen LogP contribution in [0.15, 0.2) is 54.7 Å². The van der Waals surface area contributed by atoms with Crippen molar-refractivity contribution in [2.45, 2.75) is 12.8 Å². The quantitative estimate of drug-likeness (QED) is 0.151. The van der Waals surface area contributed by atoms with E-state index in [2.05, 4.69) is 6.58 Å². The highest BCUT2D eigenvalue weighted by Gasteiger charge is 2.16. The first-order chi connectivity index (χ1) is 14.7. The number of hydrogen-bond donors (Lipinski definition) is 0. The van der Waals surface area contributed by atoms with Gasteiger partial charge in [-0.15, -0.1) is 0 Å². The van der Waals surface area contributed by atoms with E-state index in [1.807, 2.05) is 0 Å². The first-order valence-corrected chi connectivity index (χ1v) is 9.75. The van der Waals surface area contributed by atoms with E-state index in [0.717, 1.165) is 0 Å². The summed E-state index contributed by atoms with van der Waals surface area (Å²) in [5, 5.41) is 0. The highest BCUT2D eigenvalue weighted by molar-refractivity contribution is 6.03. The zero-order valence-electron chi connectivity index (χ0n) is 17.3. The Bertz CT molecular complexity index is 780. The van der Waals surface area contributed by atoms with Crippen LogP contribution in [0.1, 0.15) is 23.2 Å². The summed E-state index contributed by atoms with van der Waals surface area (Å²) in [7, 11) is 1.60. The van der Waals surface area contributed by atoms with Crippen molar-refractivity contribution < 1.29 is 33.3 Å². The van der Waals surface area contributed by atoms with Crippen molar-refractivity contribution >= 4 is 11.6 Å². The third-order valence-corrected chi connectivity index (χ3v) is 4.17. The molecule has 30 heavy (non-hydrogen) atoms. The minimum atomic E-state index is -0.145. The van der Waals surface area contributed by atoms with Gasteiger partial charge >= 0.3 is 0 Å². The Labute approximate surface area is 176 Å². The fourth-order valence-electron chi connectivity index (χ4n) is 2.65. The van der Waals surface area contributed by atoms with Crippen LogP contribution < -0.4 is 9.47 Å². The average Bonchev–Trinajstić information content (AvgIpc) is 2.77. The second-order valence-corrected chi connectivity index (χ2v) is 6.35. The molecule has 0 bridgehead atoms. The zero-order chi connectivity index (χ0) is 21.6. The summed E-state index contributed by atoms with van der Waals surface area (Å²) in [6.07, 6.45) is 6.73. The van der Waals surface area contributed by atoms with Gasteiger partial charge in [-0.2, -0.15) is 0 Å². The molecule has 0 amide bonds. The number of allylic oxidation sites excluding steroid dienone is 4. The number of fused-ring (bicyclic) bond motifs is 1. The van der Waals surface area contributed by atoms with Crippen molar-refractivity contribution in [1.82, 2.24) is 0 Å². The van der Waals surface area contributed by atoms with Crippen LogP contribution in [0.3, 0.4) is 0 Å². The van der Waals surface area contributed by atoms with Gasteiger partial charge in [0.15, 0.2) is 23.1 Å². The lowest BCUT2D eigenvalue weighted by Gasteiger charge is -2.18. The van der Waals surface area contributed by atoms with Gasteiger partial charge in [-0.25, -0.2) is 0 Å². The number of hydrogen-bond acceptors (Lipinski definition) is 7. The van der Waals surface area contributed by atoms with E-state index in [0.29, 0.717) is 55.7 Å². The Morgan fingerprint density at radius 2 is 1.90 bits per heavy atom. The minimum absolute atomic E-state index is 0.0955. The number of ketones is 2. The molecule has 0 N–H and O–H groups in total. The van der Waals surface area contributed by atoms with Gasteiger partial charge in [0.2, 0.25) is 0 Å². The minimum Gasteiger partial charge on any atom is -0.486 e. The van der Waals surface area contributed by atoms with Crippen LogP contribution in [0.25, 0.3) is 0 Å². The highest BCUT2D eigenvalue weighted by atomic mass is 16.7. The molecule has 0 saturated heterocycles.